The summed E-state index contributed by atoms with van der Waals surface area (Å²) in [5.74, 6) is -0.529. The first kappa shape index (κ1) is 12.6. The number of benzene rings is 2. The highest BCUT2D eigenvalue weighted by atomic mass is 16.3. The van der Waals surface area contributed by atoms with Crippen LogP contribution in [0, 0.1) is 0 Å². The Labute approximate surface area is 116 Å². The SMILES string of the molecule is O=C1Cc2ccccc2C(=O)N1c1ccc(CO)cc1. The van der Waals surface area contributed by atoms with E-state index in [0.29, 0.717) is 11.3 Å². The van der Waals surface area contributed by atoms with Crippen LogP contribution in [0.5, 0.6) is 0 Å². The molecule has 0 atom stereocenters. The van der Waals surface area contributed by atoms with E-state index in [0.717, 1.165) is 11.1 Å². The first-order valence-corrected chi connectivity index (χ1v) is 6.35. The maximum absolute atomic E-state index is 12.4. The monoisotopic (exact) mass is 267 g/mol. The summed E-state index contributed by atoms with van der Waals surface area (Å²) in [4.78, 5) is 25.8. The molecule has 1 aliphatic heterocycles. The van der Waals surface area contributed by atoms with Crippen molar-refractivity contribution < 1.29 is 14.7 Å². The van der Waals surface area contributed by atoms with Crippen molar-refractivity contribution in [2.24, 2.45) is 0 Å². The highest BCUT2D eigenvalue weighted by Crippen LogP contribution is 2.25. The molecular weight excluding hydrogens is 254 g/mol. The van der Waals surface area contributed by atoms with Gasteiger partial charge in [-0.15, -0.1) is 0 Å². The molecule has 0 fully saturated rings. The maximum Gasteiger partial charge on any atom is 0.265 e. The lowest BCUT2D eigenvalue weighted by molar-refractivity contribution is -0.117. The molecule has 0 radical (unpaired) electrons. The van der Waals surface area contributed by atoms with Crippen molar-refractivity contribution in [1.82, 2.24) is 0 Å². The van der Waals surface area contributed by atoms with E-state index < -0.39 is 0 Å². The van der Waals surface area contributed by atoms with Gasteiger partial charge in [0, 0.05) is 5.56 Å². The van der Waals surface area contributed by atoms with Gasteiger partial charge in [-0.25, -0.2) is 4.90 Å². The molecule has 3 rings (SSSR count). The van der Waals surface area contributed by atoms with Gasteiger partial charge in [-0.05, 0) is 29.3 Å². The van der Waals surface area contributed by atoms with Gasteiger partial charge in [0.2, 0.25) is 5.91 Å². The minimum atomic E-state index is -0.298. The summed E-state index contributed by atoms with van der Waals surface area (Å²) in [6.45, 7) is -0.0645. The fourth-order valence-corrected chi connectivity index (χ4v) is 2.37. The molecule has 0 saturated heterocycles. The largest absolute Gasteiger partial charge is 0.392 e. The van der Waals surface area contributed by atoms with Gasteiger partial charge in [0.05, 0.1) is 18.7 Å². The smallest absolute Gasteiger partial charge is 0.265 e. The third kappa shape index (κ3) is 2.00. The standard InChI is InChI=1S/C16H13NO3/c18-10-11-5-7-13(8-6-11)17-15(19)9-12-3-1-2-4-14(12)16(17)20/h1-8,18H,9-10H2. The van der Waals surface area contributed by atoms with Crippen molar-refractivity contribution in [3.05, 3.63) is 65.2 Å². The Bertz CT molecular complexity index is 676. The minimum Gasteiger partial charge on any atom is -0.392 e. The second kappa shape index (κ2) is 4.90. The van der Waals surface area contributed by atoms with Gasteiger partial charge >= 0.3 is 0 Å². The summed E-state index contributed by atoms with van der Waals surface area (Å²) in [5, 5.41) is 9.03. The van der Waals surface area contributed by atoms with Crippen LogP contribution < -0.4 is 4.90 Å². The Morgan fingerprint density at radius 1 is 1.00 bits per heavy atom. The summed E-state index contributed by atoms with van der Waals surface area (Å²) in [6.07, 6.45) is 0.226. The molecule has 2 aromatic carbocycles. The Balaban J connectivity index is 2.01. The van der Waals surface area contributed by atoms with E-state index >= 15 is 0 Å². The van der Waals surface area contributed by atoms with Gasteiger partial charge in [-0.2, -0.15) is 0 Å². The maximum atomic E-state index is 12.4. The second-order valence-electron chi connectivity index (χ2n) is 4.69. The fourth-order valence-electron chi connectivity index (χ4n) is 2.37. The fraction of sp³-hybridized carbons (Fsp3) is 0.125. The number of nitrogens with zero attached hydrogens (tertiary/aromatic N) is 1. The number of fused-ring (bicyclic) bond motifs is 1. The quantitative estimate of drug-likeness (QED) is 0.846. The third-order valence-corrected chi connectivity index (χ3v) is 3.42. The first-order valence-electron chi connectivity index (χ1n) is 6.35. The molecule has 0 saturated carbocycles. The molecule has 0 spiro atoms. The van der Waals surface area contributed by atoms with Crippen LogP contribution in [-0.2, 0) is 17.8 Å². The number of carbonyl (C=O) groups is 2. The molecule has 20 heavy (non-hydrogen) atoms. The van der Waals surface area contributed by atoms with E-state index in [2.05, 4.69) is 0 Å². The molecular formula is C16H13NO3. The van der Waals surface area contributed by atoms with E-state index in [1.165, 1.54) is 4.90 Å². The van der Waals surface area contributed by atoms with Crippen LogP contribution in [0.3, 0.4) is 0 Å². The normalized spacial score (nSPS) is 14.3. The Morgan fingerprint density at radius 3 is 2.40 bits per heavy atom. The lowest BCUT2D eigenvalue weighted by Crippen LogP contribution is -2.42. The number of amides is 2. The lowest BCUT2D eigenvalue weighted by atomic mass is 9.98. The number of carbonyl (C=O) groups excluding carboxylic acids is 2. The number of anilines is 1. The molecule has 4 nitrogen and oxygen atoms in total. The summed E-state index contributed by atoms with van der Waals surface area (Å²) >= 11 is 0. The predicted octanol–water partition coefficient (Wildman–Crippen LogP) is 1.91. The van der Waals surface area contributed by atoms with Gasteiger partial charge in [-0.3, -0.25) is 9.59 Å². The summed E-state index contributed by atoms with van der Waals surface area (Å²) in [6, 6.07) is 13.9. The molecule has 1 aliphatic rings. The number of rotatable bonds is 2. The van der Waals surface area contributed by atoms with Gasteiger partial charge in [0.15, 0.2) is 0 Å². The minimum absolute atomic E-state index is 0.0645. The van der Waals surface area contributed by atoms with Gasteiger partial charge < -0.3 is 5.11 Å². The molecule has 4 heteroatoms. The number of hydrogen-bond donors (Lipinski definition) is 1. The predicted molar refractivity (Wildman–Crippen MR) is 74.3 cm³/mol. The summed E-state index contributed by atoms with van der Waals surface area (Å²) in [7, 11) is 0. The van der Waals surface area contributed by atoms with Crippen molar-refractivity contribution in [3.63, 3.8) is 0 Å². The summed E-state index contributed by atoms with van der Waals surface area (Å²) < 4.78 is 0. The third-order valence-electron chi connectivity index (χ3n) is 3.42. The van der Waals surface area contributed by atoms with Crippen molar-refractivity contribution in [2.75, 3.05) is 4.90 Å². The van der Waals surface area contributed by atoms with Crippen LogP contribution in [0.1, 0.15) is 21.5 Å². The van der Waals surface area contributed by atoms with Crippen LogP contribution >= 0.6 is 0 Å². The average molecular weight is 267 g/mol. The topological polar surface area (TPSA) is 57.6 Å². The van der Waals surface area contributed by atoms with Crippen molar-refractivity contribution in [1.29, 1.82) is 0 Å². The zero-order chi connectivity index (χ0) is 14.1. The molecule has 0 aromatic heterocycles. The molecule has 2 aromatic rings. The molecule has 0 unspecified atom stereocenters. The van der Waals surface area contributed by atoms with Crippen LogP contribution in [0.2, 0.25) is 0 Å². The molecule has 1 N–H and O–H groups in total. The van der Waals surface area contributed by atoms with E-state index in [1.54, 1.807) is 42.5 Å². The number of hydrogen-bond acceptors (Lipinski definition) is 3. The Kier molecular flexibility index (Phi) is 3.08. The van der Waals surface area contributed by atoms with Gasteiger partial charge in [0.1, 0.15) is 0 Å². The van der Waals surface area contributed by atoms with Crippen LogP contribution in [0.15, 0.2) is 48.5 Å². The zero-order valence-electron chi connectivity index (χ0n) is 10.7. The average Bonchev–Trinajstić information content (AvgIpc) is 2.48. The number of imide groups is 1. The van der Waals surface area contributed by atoms with Crippen LogP contribution in [0.25, 0.3) is 0 Å². The molecule has 2 amide bonds. The second-order valence-corrected chi connectivity index (χ2v) is 4.69. The number of aliphatic hydroxyl groups excluding tert-OH is 1. The van der Waals surface area contributed by atoms with E-state index in [4.69, 9.17) is 5.11 Å². The lowest BCUT2D eigenvalue weighted by Gasteiger charge is -2.26. The molecule has 0 bridgehead atoms. The van der Waals surface area contributed by atoms with Crippen molar-refractivity contribution in [2.45, 2.75) is 13.0 Å². The highest BCUT2D eigenvalue weighted by Gasteiger charge is 2.31. The molecule has 100 valence electrons. The highest BCUT2D eigenvalue weighted by molar-refractivity contribution is 6.24. The molecule has 0 aliphatic carbocycles. The van der Waals surface area contributed by atoms with Crippen molar-refractivity contribution in [3.8, 4) is 0 Å². The van der Waals surface area contributed by atoms with E-state index in [-0.39, 0.29) is 24.8 Å². The summed E-state index contributed by atoms with van der Waals surface area (Å²) in [5.41, 5.74) is 2.61. The van der Waals surface area contributed by atoms with E-state index in [9.17, 15) is 9.59 Å². The molecule has 1 heterocycles. The number of aliphatic hydroxyl groups is 1. The van der Waals surface area contributed by atoms with Crippen molar-refractivity contribution >= 4 is 17.5 Å². The van der Waals surface area contributed by atoms with Crippen LogP contribution in [-0.4, -0.2) is 16.9 Å². The Hall–Kier alpha value is -2.46. The first-order chi connectivity index (χ1) is 9.70. The van der Waals surface area contributed by atoms with Gasteiger partial charge in [0.25, 0.3) is 5.91 Å². The Morgan fingerprint density at radius 2 is 1.70 bits per heavy atom. The van der Waals surface area contributed by atoms with Gasteiger partial charge in [-0.1, -0.05) is 30.3 Å². The van der Waals surface area contributed by atoms with Crippen LogP contribution in [0.4, 0.5) is 5.69 Å². The van der Waals surface area contributed by atoms with E-state index in [1.807, 2.05) is 6.07 Å². The zero-order valence-corrected chi connectivity index (χ0v) is 10.7.